The average molecular weight is 308 g/mol. The van der Waals surface area contributed by atoms with Crippen molar-refractivity contribution in [3.8, 4) is 0 Å². The third-order valence-electron chi connectivity index (χ3n) is 2.94. The number of nitrogens with zero attached hydrogens (tertiary/aromatic N) is 3. The van der Waals surface area contributed by atoms with Crippen molar-refractivity contribution in [2.24, 2.45) is 14.1 Å². The van der Waals surface area contributed by atoms with Crippen molar-refractivity contribution in [2.75, 3.05) is 5.32 Å². The maximum Gasteiger partial charge on any atom is 0.330 e. The minimum atomic E-state index is -0.542. The standard InChI is InChI=1S/C13H16N4O3S/c1-7(2)11-14-5-9(21-11)10(18)15-8-6-16(3)13(20)17(4)12(8)19/h5-7H,1-4H3,(H,15,18). The van der Waals surface area contributed by atoms with Crippen LogP contribution in [0.4, 0.5) is 5.69 Å². The average Bonchev–Trinajstić information content (AvgIpc) is 2.92. The molecule has 0 radical (unpaired) electrons. The Bertz CT molecular complexity index is 800. The van der Waals surface area contributed by atoms with Gasteiger partial charge < -0.3 is 9.88 Å². The van der Waals surface area contributed by atoms with E-state index in [-0.39, 0.29) is 11.6 Å². The Labute approximate surface area is 124 Å². The van der Waals surface area contributed by atoms with E-state index >= 15 is 0 Å². The summed E-state index contributed by atoms with van der Waals surface area (Å²) in [5.74, 6) is -0.169. The molecule has 0 saturated heterocycles. The van der Waals surface area contributed by atoms with Crippen molar-refractivity contribution >= 4 is 22.9 Å². The summed E-state index contributed by atoms with van der Waals surface area (Å²) in [6.45, 7) is 3.98. The molecule has 21 heavy (non-hydrogen) atoms. The van der Waals surface area contributed by atoms with Gasteiger partial charge in [0.05, 0.1) is 11.2 Å². The third-order valence-corrected chi connectivity index (χ3v) is 4.23. The summed E-state index contributed by atoms with van der Waals surface area (Å²) in [5.41, 5.74) is -0.929. The lowest BCUT2D eigenvalue weighted by molar-refractivity contribution is 0.103. The van der Waals surface area contributed by atoms with Gasteiger partial charge in [-0.05, 0) is 0 Å². The van der Waals surface area contributed by atoms with Gasteiger partial charge in [-0.3, -0.25) is 14.2 Å². The lowest BCUT2D eigenvalue weighted by atomic mass is 10.2. The van der Waals surface area contributed by atoms with Crippen LogP contribution in [0.25, 0.3) is 0 Å². The summed E-state index contributed by atoms with van der Waals surface area (Å²) in [5, 5.41) is 3.38. The first-order chi connectivity index (χ1) is 9.81. The maximum absolute atomic E-state index is 12.1. The van der Waals surface area contributed by atoms with Gasteiger partial charge >= 0.3 is 5.69 Å². The van der Waals surface area contributed by atoms with E-state index < -0.39 is 17.2 Å². The minimum absolute atomic E-state index is 0.0593. The van der Waals surface area contributed by atoms with E-state index in [1.54, 1.807) is 0 Å². The van der Waals surface area contributed by atoms with E-state index in [4.69, 9.17) is 0 Å². The second kappa shape index (κ2) is 5.65. The molecule has 8 heteroatoms. The van der Waals surface area contributed by atoms with Crippen LogP contribution >= 0.6 is 11.3 Å². The molecule has 0 saturated carbocycles. The molecule has 0 aliphatic rings. The zero-order chi connectivity index (χ0) is 15.7. The molecule has 0 aliphatic heterocycles. The van der Waals surface area contributed by atoms with Crippen molar-refractivity contribution in [3.63, 3.8) is 0 Å². The Hall–Kier alpha value is -2.22. The first kappa shape index (κ1) is 15.2. The van der Waals surface area contributed by atoms with Crippen molar-refractivity contribution < 1.29 is 4.79 Å². The van der Waals surface area contributed by atoms with Gasteiger partial charge in [0.25, 0.3) is 11.5 Å². The number of carbonyl (C=O) groups is 1. The molecule has 0 aliphatic carbocycles. The summed E-state index contributed by atoms with van der Waals surface area (Å²) in [6, 6.07) is 0. The monoisotopic (exact) mass is 308 g/mol. The van der Waals surface area contributed by atoms with Crippen LogP contribution in [0.5, 0.6) is 0 Å². The van der Waals surface area contributed by atoms with Gasteiger partial charge in [0, 0.05) is 26.2 Å². The van der Waals surface area contributed by atoms with Crippen LogP contribution in [-0.2, 0) is 14.1 Å². The van der Waals surface area contributed by atoms with Gasteiger partial charge in [-0.25, -0.2) is 9.78 Å². The molecule has 0 bridgehead atoms. The third kappa shape index (κ3) is 2.94. The van der Waals surface area contributed by atoms with Crippen LogP contribution in [0.1, 0.15) is 34.4 Å². The Morgan fingerprint density at radius 2 is 2.00 bits per heavy atom. The molecule has 112 valence electrons. The fraction of sp³-hybridized carbons (Fsp3) is 0.385. The zero-order valence-corrected chi connectivity index (χ0v) is 13.0. The fourth-order valence-electron chi connectivity index (χ4n) is 1.74. The van der Waals surface area contributed by atoms with E-state index in [0.717, 1.165) is 9.57 Å². The molecule has 0 fully saturated rings. The predicted octanol–water partition coefficient (Wildman–Crippen LogP) is 0.916. The second-order valence-electron chi connectivity index (χ2n) is 4.97. The molecule has 2 aromatic rings. The number of aromatic nitrogens is 3. The number of amides is 1. The van der Waals surface area contributed by atoms with Gasteiger partial charge in [-0.1, -0.05) is 13.8 Å². The highest BCUT2D eigenvalue weighted by atomic mass is 32.1. The molecule has 0 spiro atoms. The second-order valence-corrected chi connectivity index (χ2v) is 6.03. The van der Waals surface area contributed by atoms with Gasteiger partial charge in [-0.2, -0.15) is 0 Å². The van der Waals surface area contributed by atoms with Crippen LogP contribution in [0, 0.1) is 0 Å². The van der Waals surface area contributed by atoms with Crippen molar-refractivity contribution in [3.05, 3.63) is 43.1 Å². The molecule has 1 N–H and O–H groups in total. The van der Waals surface area contributed by atoms with Crippen LogP contribution in [0.15, 0.2) is 22.0 Å². The predicted molar refractivity (Wildman–Crippen MR) is 81.1 cm³/mol. The first-order valence-electron chi connectivity index (χ1n) is 6.35. The van der Waals surface area contributed by atoms with Gasteiger partial charge in [-0.15, -0.1) is 11.3 Å². The number of anilines is 1. The van der Waals surface area contributed by atoms with E-state index in [1.165, 1.54) is 42.4 Å². The number of carbonyl (C=O) groups excluding carboxylic acids is 1. The molecule has 2 rings (SSSR count). The largest absolute Gasteiger partial charge is 0.330 e. The number of rotatable bonds is 3. The number of hydrogen-bond donors (Lipinski definition) is 1. The zero-order valence-electron chi connectivity index (χ0n) is 12.2. The van der Waals surface area contributed by atoms with Crippen molar-refractivity contribution in [2.45, 2.75) is 19.8 Å². The van der Waals surface area contributed by atoms with E-state index in [1.807, 2.05) is 13.8 Å². The molecule has 7 nitrogen and oxygen atoms in total. The highest BCUT2D eigenvalue weighted by Crippen LogP contribution is 2.21. The smallest absolute Gasteiger partial charge is 0.315 e. The minimum Gasteiger partial charge on any atom is -0.315 e. The molecule has 0 atom stereocenters. The van der Waals surface area contributed by atoms with Crippen LogP contribution in [-0.4, -0.2) is 20.0 Å². The number of thiazole rings is 1. The molecule has 2 aromatic heterocycles. The van der Waals surface area contributed by atoms with Crippen molar-refractivity contribution in [1.82, 2.24) is 14.1 Å². The lowest BCUT2D eigenvalue weighted by Crippen LogP contribution is -2.38. The van der Waals surface area contributed by atoms with Crippen LogP contribution in [0.3, 0.4) is 0 Å². The van der Waals surface area contributed by atoms with E-state index in [9.17, 15) is 14.4 Å². The maximum atomic E-state index is 12.1. The normalized spacial score (nSPS) is 10.9. The Morgan fingerprint density at radius 3 is 2.57 bits per heavy atom. The highest BCUT2D eigenvalue weighted by molar-refractivity contribution is 7.13. The summed E-state index contributed by atoms with van der Waals surface area (Å²) in [7, 11) is 2.88. The first-order valence-corrected chi connectivity index (χ1v) is 7.16. The Morgan fingerprint density at radius 1 is 1.33 bits per heavy atom. The molecular formula is C13H16N4O3S. The molecule has 2 heterocycles. The van der Waals surface area contributed by atoms with Gasteiger partial charge in [0.1, 0.15) is 10.6 Å². The fourth-order valence-corrected chi connectivity index (χ4v) is 2.55. The number of nitrogens with one attached hydrogen (secondary N) is 1. The number of hydrogen-bond acceptors (Lipinski definition) is 5. The molecule has 0 aromatic carbocycles. The van der Waals surface area contributed by atoms with E-state index in [2.05, 4.69) is 10.3 Å². The molecule has 1 amide bonds. The molecular weight excluding hydrogens is 292 g/mol. The van der Waals surface area contributed by atoms with Crippen LogP contribution < -0.4 is 16.6 Å². The topological polar surface area (TPSA) is 86.0 Å². The van der Waals surface area contributed by atoms with Crippen molar-refractivity contribution in [1.29, 1.82) is 0 Å². The highest BCUT2D eigenvalue weighted by Gasteiger charge is 2.15. The number of aryl methyl sites for hydroxylation is 1. The lowest BCUT2D eigenvalue weighted by Gasteiger charge is -2.07. The summed E-state index contributed by atoms with van der Waals surface area (Å²) in [4.78, 5) is 40.3. The summed E-state index contributed by atoms with van der Waals surface area (Å²) >= 11 is 1.29. The molecule has 0 unspecified atom stereocenters. The Balaban J connectivity index is 2.32. The SMILES string of the molecule is CC(C)c1ncc(C(=O)Nc2cn(C)c(=O)n(C)c2=O)s1. The summed E-state index contributed by atoms with van der Waals surface area (Å²) in [6.07, 6.45) is 2.80. The van der Waals surface area contributed by atoms with Gasteiger partial charge in [0.2, 0.25) is 0 Å². The van der Waals surface area contributed by atoms with E-state index in [0.29, 0.717) is 4.88 Å². The quantitative estimate of drug-likeness (QED) is 0.913. The van der Waals surface area contributed by atoms with Gasteiger partial charge in [0.15, 0.2) is 0 Å². The Kier molecular flexibility index (Phi) is 4.08. The van der Waals surface area contributed by atoms with Crippen LogP contribution in [0.2, 0.25) is 0 Å². The summed E-state index contributed by atoms with van der Waals surface area (Å²) < 4.78 is 2.19.